The van der Waals surface area contributed by atoms with Crippen LogP contribution < -0.4 is 4.72 Å². The first-order valence-electron chi connectivity index (χ1n) is 6.84. The van der Waals surface area contributed by atoms with E-state index < -0.39 is 28.5 Å². The Morgan fingerprint density at radius 1 is 1.08 bits per heavy atom. The molecule has 0 heterocycles. The molecule has 0 saturated heterocycles. The van der Waals surface area contributed by atoms with E-state index in [0.29, 0.717) is 11.1 Å². The number of carbonyl (C=O) groups is 2. The topological polar surface area (TPSA) is 110 Å². The summed E-state index contributed by atoms with van der Waals surface area (Å²) in [5, 5.41) is 9.01. The number of methoxy groups -OCH3 is 1. The van der Waals surface area contributed by atoms with E-state index >= 15 is 0 Å². The van der Waals surface area contributed by atoms with Crippen molar-refractivity contribution in [1.29, 1.82) is 0 Å². The van der Waals surface area contributed by atoms with E-state index in [0.717, 1.165) is 7.11 Å². The summed E-state index contributed by atoms with van der Waals surface area (Å²) in [7, 11) is -2.67. The van der Waals surface area contributed by atoms with Crippen LogP contribution in [0.25, 0.3) is 11.1 Å². The standard InChI is InChI=1S/C16H15NO6S/c1-23-15(18)10-17-24(21,22)14-7-5-11(6-8-14)12-3-2-4-13(9-12)16(19)20/h2-9,17H,10H2,1H3,(H,19,20). The maximum absolute atomic E-state index is 12.0. The molecule has 0 atom stereocenters. The second-order valence-corrected chi connectivity index (χ2v) is 6.58. The summed E-state index contributed by atoms with van der Waals surface area (Å²) in [6.07, 6.45) is 0. The van der Waals surface area contributed by atoms with Gasteiger partial charge >= 0.3 is 11.9 Å². The largest absolute Gasteiger partial charge is 0.478 e. The molecule has 126 valence electrons. The molecule has 0 unspecified atom stereocenters. The van der Waals surface area contributed by atoms with Crippen LogP contribution in [0.3, 0.4) is 0 Å². The molecular formula is C16H15NO6S. The van der Waals surface area contributed by atoms with Gasteiger partial charge in [-0.15, -0.1) is 0 Å². The second-order valence-electron chi connectivity index (χ2n) is 4.81. The first kappa shape index (κ1) is 17.6. The molecule has 0 aliphatic rings. The molecular weight excluding hydrogens is 334 g/mol. The molecule has 2 rings (SSSR count). The maximum atomic E-state index is 12.0. The Bertz CT molecular complexity index is 858. The Kier molecular flexibility index (Phi) is 5.32. The lowest BCUT2D eigenvalue weighted by Gasteiger charge is -2.07. The van der Waals surface area contributed by atoms with Crippen LogP contribution in [0.5, 0.6) is 0 Å². The molecule has 0 radical (unpaired) electrons. The molecule has 24 heavy (non-hydrogen) atoms. The van der Waals surface area contributed by atoms with Gasteiger partial charge in [-0.2, -0.15) is 4.72 Å². The molecule has 0 aromatic heterocycles. The van der Waals surface area contributed by atoms with E-state index in [9.17, 15) is 18.0 Å². The fourth-order valence-corrected chi connectivity index (χ4v) is 2.94. The number of sulfonamides is 1. The van der Waals surface area contributed by atoms with Gasteiger partial charge in [0.2, 0.25) is 10.0 Å². The van der Waals surface area contributed by atoms with Crippen molar-refractivity contribution in [3.63, 3.8) is 0 Å². The van der Waals surface area contributed by atoms with Gasteiger partial charge in [0.05, 0.1) is 17.6 Å². The Morgan fingerprint density at radius 2 is 1.75 bits per heavy atom. The van der Waals surface area contributed by atoms with Crippen LogP contribution >= 0.6 is 0 Å². The molecule has 0 amide bonds. The molecule has 0 fully saturated rings. The Morgan fingerprint density at radius 3 is 2.33 bits per heavy atom. The number of hydrogen-bond acceptors (Lipinski definition) is 5. The van der Waals surface area contributed by atoms with Gasteiger partial charge in [-0.3, -0.25) is 4.79 Å². The summed E-state index contributed by atoms with van der Waals surface area (Å²) in [5.41, 5.74) is 1.47. The number of ether oxygens (including phenoxy) is 1. The third-order valence-corrected chi connectivity index (χ3v) is 4.66. The minimum absolute atomic E-state index is 0.00968. The maximum Gasteiger partial charge on any atom is 0.335 e. The summed E-state index contributed by atoms with van der Waals surface area (Å²) < 4.78 is 30.6. The number of carboxylic acids is 1. The van der Waals surface area contributed by atoms with Crippen LogP contribution in [0.2, 0.25) is 0 Å². The lowest BCUT2D eigenvalue weighted by atomic mass is 10.0. The van der Waals surface area contributed by atoms with Crippen molar-refractivity contribution in [2.24, 2.45) is 0 Å². The first-order valence-corrected chi connectivity index (χ1v) is 8.32. The molecule has 2 aromatic rings. The average Bonchev–Trinajstić information content (AvgIpc) is 2.60. The Labute approximate surface area is 138 Å². The van der Waals surface area contributed by atoms with Crippen molar-refractivity contribution < 1.29 is 27.9 Å². The van der Waals surface area contributed by atoms with E-state index in [-0.39, 0.29) is 10.5 Å². The third-order valence-electron chi connectivity index (χ3n) is 3.24. The molecule has 0 aliphatic carbocycles. The highest BCUT2D eigenvalue weighted by Crippen LogP contribution is 2.22. The summed E-state index contributed by atoms with van der Waals surface area (Å²) in [6, 6.07) is 12.2. The van der Waals surface area contributed by atoms with Gasteiger partial charge in [-0.25, -0.2) is 13.2 Å². The molecule has 0 aliphatic heterocycles. The predicted octanol–water partition coefficient (Wildman–Crippen LogP) is 1.50. The number of benzene rings is 2. The van der Waals surface area contributed by atoms with Gasteiger partial charge in [0.1, 0.15) is 6.54 Å². The van der Waals surface area contributed by atoms with Gasteiger partial charge in [-0.1, -0.05) is 24.3 Å². The number of nitrogens with one attached hydrogen (secondary N) is 1. The van der Waals surface area contributed by atoms with Crippen LogP contribution in [-0.4, -0.2) is 39.1 Å². The van der Waals surface area contributed by atoms with Gasteiger partial charge in [0.25, 0.3) is 0 Å². The predicted molar refractivity (Wildman–Crippen MR) is 86.0 cm³/mol. The van der Waals surface area contributed by atoms with Crippen LogP contribution in [0, 0.1) is 0 Å². The van der Waals surface area contributed by atoms with Crippen molar-refractivity contribution in [1.82, 2.24) is 4.72 Å². The molecule has 0 saturated carbocycles. The highest BCUT2D eigenvalue weighted by atomic mass is 32.2. The number of carboxylic acid groups (broad SMARTS) is 1. The highest BCUT2D eigenvalue weighted by molar-refractivity contribution is 7.89. The fraction of sp³-hybridized carbons (Fsp3) is 0.125. The minimum Gasteiger partial charge on any atom is -0.478 e. The van der Waals surface area contributed by atoms with Crippen molar-refractivity contribution in [3.05, 3.63) is 54.1 Å². The summed E-state index contributed by atoms with van der Waals surface area (Å²) in [5.74, 6) is -1.73. The van der Waals surface area contributed by atoms with Gasteiger partial charge < -0.3 is 9.84 Å². The molecule has 7 nitrogen and oxygen atoms in total. The molecule has 0 bridgehead atoms. The summed E-state index contributed by atoms with van der Waals surface area (Å²) in [6.45, 7) is -0.457. The summed E-state index contributed by atoms with van der Waals surface area (Å²) in [4.78, 5) is 22.0. The Hall–Kier alpha value is -2.71. The fourth-order valence-electron chi connectivity index (χ4n) is 1.97. The van der Waals surface area contributed by atoms with E-state index in [4.69, 9.17) is 5.11 Å². The quantitative estimate of drug-likeness (QED) is 0.765. The third kappa shape index (κ3) is 4.18. The van der Waals surface area contributed by atoms with Gasteiger partial charge in [0, 0.05) is 0 Å². The van der Waals surface area contributed by atoms with Crippen LogP contribution in [0.1, 0.15) is 10.4 Å². The minimum atomic E-state index is -3.83. The highest BCUT2D eigenvalue weighted by Gasteiger charge is 2.15. The van der Waals surface area contributed by atoms with E-state index in [1.165, 1.54) is 24.3 Å². The zero-order chi connectivity index (χ0) is 17.7. The zero-order valence-corrected chi connectivity index (χ0v) is 13.5. The van der Waals surface area contributed by atoms with Crippen LogP contribution in [0.4, 0.5) is 0 Å². The van der Waals surface area contributed by atoms with Crippen molar-refractivity contribution in [3.8, 4) is 11.1 Å². The SMILES string of the molecule is COC(=O)CNS(=O)(=O)c1ccc(-c2cccc(C(=O)O)c2)cc1. The van der Waals surface area contributed by atoms with Crippen molar-refractivity contribution in [2.75, 3.05) is 13.7 Å². The van der Waals surface area contributed by atoms with E-state index in [1.807, 2.05) is 0 Å². The number of hydrogen-bond donors (Lipinski definition) is 2. The lowest BCUT2D eigenvalue weighted by Crippen LogP contribution is -2.30. The van der Waals surface area contributed by atoms with E-state index in [1.54, 1.807) is 24.3 Å². The van der Waals surface area contributed by atoms with Gasteiger partial charge in [0.15, 0.2) is 0 Å². The first-order chi connectivity index (χ1) is 11.3. The molecule has 2 aromatic carbocycles. The monoisotopic (exact) mass is 349 g/mol. The van der Waals surface area contributed by atoms with Crippen LogP contribution in [0.15, 0.2) is 53.4 Å². The Balaban J connectivity index is 2.23. The lowest BCUT2D eigenvalue weighted by molar-refractivity contribution is -0.139. The summed E-state index contributed by atoms with van der Waals surface area (Å²) >= 11 is 0. The van der Waals surface area contributed by atoms with Crippen molar-refractivity contribution in [2.45, 2.75) is 4.90 Å². The molecule has 0 spiro atoms. The van der Waals surface area contributed by atoms with Gasteiger partial charge in [-0.05, 0) is 35.4 Å². The smallest absolute Gasteiger partial charge is 0.335 e. The molecule has 2 N–H and O–H groups in total. The normalized spacial score (nSPS) is 11.0. The van der Waals surface area contributed by atoms with Crippen LogP contribution in [-0.2, 0) is 19.6 Å². The zero-order valence-electron chi connectivity index (χ0n) is 12.7. The molecule has 8 heteroatoms. The second kappa shape index (κ2) is 7.24. The number of aromatic carboxylic acids is 1. The number of esters is 1. The number of carbonyl (C=O) groups excluding carboxylic acids is 1. The average molecular weight is 349 g/mol. The van der Waals surface area contributed by atoms with Crippen molar-refractivity contribution >= 4 is 22.0 Å². The van der Waals surface area contributed by atoms with E-state index in [2.05, 4.69) is 9.46 Å². The number of rotatable bonds is 6.